The Bertz CT molecular complexity index is 1110. The average molecular weight is 427 g/mol. The van der Waals surface area contributed by atoms with Gasteiger partial charge >= 0.3 is 5.97 Å². The second-order valence-electron chi connectivity index (χ2n) is 8.38. The smallest absolute Gasteiger partial charge is 0.335 e. The topological polar surface area (TPSA) is 141 Å². The van der Waals surface area contributed by atoms with Crippen LogP contribution in [0.15, 0.2) is 30.3 Å². The van der Waals surface area contributed by atoms with Crippen molar-refractivity contribution in [2.45, 2.75) is 12.5 Å². The van der Waals surface area contributed by atoms with E-state index in [9.17, 15) is 34.5 Å². The third kappa shape index (κ3) is 4.56. The number of quaternary nitrogens is 1. The highest BCUT2D eigenvalue weighted by Gasteiger charge is 2.34. The van der Waals surface area contributed by atoms with Crippen molar-refractivity contribution in [2.75, 3.05) is 27.7 Å². The monoisotopic (exact) mass is 427 g/mol. The van der Waals surface area contributed by atoms with E-state index in [2.05, 4.69) is 0 Å². The number of carbonyl (C=O) groups excluding carboxylic acids is 3. The number of benzene rings is 2. The second-order valence-corrected chi connectivity index (χ2v) is 8.38. The molecular formula is C22H21NO8. The fourth-order valence-electron chi connectivity index (χ4n) is 3.56. The van der Waals surface area contributed by atoms with E-state index in [1.807, 2.05) is 21.1 Å². The summed E-state index contributed by atoms with van der Waals surface area (Å²) in [5.41, 5.74) is -0.613. The maximum absolute atomic E-state index is 13.0. The Morgan fingerprint density at radius 2 is 1.71 bits per heavy atom. The van der Waals surface area contributed by atoms with E-state index in [1.165, 1.54) is 18.2 Å². The number of phenolic OH excluding ortho intramolecular Hbond substituents is 1. The van der Waals surface area contributed by atoms with Gasteiger partial charge in [-0.15, -0.1) is 0 Å². The molecule has 0 bridgehead atoms. The van der Waals surface area contributed by atoms with Gasteiger partial charge in [0, 0.05) is 35.1 Å². The molecule has 0 aliphatic heterocycles. The molecule has 0 spiro atoms. The number of aromatic carboxylic acids is 1. The van der Waals surface area contributed by atoms with Crippen LogP contribution in [0.2, 0.25) is 0 Å². The molecule has 162 valence electrons. The summed E-state index contributed by atoms with van der Waals surface area (Å²) < 4.78 is 6.11. The van der Waals surface area contributed by atoms with Crippen LogP contribution in [0, 0.1) is 0 Å². The Kier molecular flexibility index (Phi) is 5.56. The molecule has 9 heteroatoms. The molecule has 1 unspecified atom stereocenters. The molecule has 0 saturated heterocycles. The molecule has 0 heterocycles. The lowest BCUT2D eigenvalue weighted by atomic mass is 9.82. The van der Waals surface area contributed by atoms with Gasteiger partial charge in [0.25, 0.3) is 0 Å². The van der Waals surface area contributed by atoms with Crippen LogP contribution in [-0.4, -0.2) is 72.0 Å². The molecular weight excluding hydrogens is 406 g/mol. The zero-order valence-corrected chi connectivity index (χ0v) is 17.2. The van der Waals surface area contributed by atoms with Crippen LogP contribution >= 0.6 is 0 Å². The summed E-state index contributed by atoms with van der Waals surface area (Å²) in [4.78, 5) is 48.2. The zero-order chi connectivity index (χ0) is 23.1. The number of ketones is 2. The number of nitrogens with zero attached hydrogens (tertiary/aromatic N) is 1. The number of phenols is 1. The third-order valence-electron chi connectivity index (χ3n) is 4.77. The Morgan fingerprint density at radius 1 is 1.03 bits per heavy atom. The zero-order valence-electron chi connectivity index (χ0n) is 17.2. The first kappa shape index (κ1) is 22.0. The van der Waals surface area contributed by atoms with Crippen LogP contribution < -0.4 is 9.84 Å². The van der Waals surface area contributed by atoms with Gasteiger partial charge in [-0.3, -0.25) is 9.59 Å². The Hall–Kier alpha value is -3.72. The van der Waals surface area contributed by atoms with Gasteiger partial charge in [0.2, 0.25) is 0 Å². The standard InChI is InChI=1S/C22H21NO8/c1-23(2,3)10-13(9-18(25)26)31-12-7-16-19(17(24)8-12)21(28)14-5-4-11(22(29)30)6-15(14)20(16)27/h4-8,13H,9-10H2,1-3H3,(H2-,24,25,26,28,29,30). The molecule has 0 fully saturated rings. The van der Waals surface area contributed by atoms with Gasteiger partial charge in [-0.05, 0) is 24.3 Å². The van der Waals surface area contributed by atoms with Gasteiger partial charge < -0.3 is 29.3 Å². The number of hydrogen-bond acceptors (Lipinski definition) is 7. The molecule has 1 atom stereocenters. The fourth-order valence-corrected chi connectivity index (χ4v) is 3.56. The average Bonchev–Trinajstić information content (AvgIpc) is 2.63. The highest BCUT2D eigenvalue weighted by Crippen LogP contribution is 2.36. The summed E-state index contributed by atoms with van der Waals surface area (Å²) in [7, 11) is 5.53. The fraction of sp³-hybridized carbons (Fsp3) is 0.273. The summed E-state index contributed by atoms with van der Waals surface area (Å²) in [6.45, 7) is 0.295. The Labute approximate surface area is 177 Å². The van der Waals surface area contributed by atoms with Crippen molar-refractivity contribution >= 4 is 23.5 Å². The van der Waals surface area contributed by atoms with E-state index >= 15 is 0 Å². The first-order valence-corrected chi connectivity index (χ1v) is 9.38. The van der Waals surface area contributed by atoms with Crippen LogP contribution in [0.4, 0.5) is 0 Å². The van der Waals surface area contributed by atoms with Gasteiger partial charge in [-0.1, -0.05) is 0 Å². The molecule has 2 aromatic carbocycles. The van der Waals surface area contributed by atoms with Crippen molar-refractivity contribution in [3.8, 4) is 11.5 Å². The Morgan fingerprint density at radius 3 is 2.29 bits per heavy atom. The normalized spacial score (nSPS) is 13.9. The van der Waals surface area contributed by atoms with E-state index in [4.69, 9.17) is 4.74 Å². The van der Waals surface area contributed by atoms with Gasteiger partial charge in [0.05, 0.1) is 32.3 Å². The number of hydrogen-bond donors (Lipinski definition) is 2. The molecule has 0 saturated carbocycles. The van der Waals surface area contributed by atoms with Gasteiger partial charge in [0.1, 0.15) is 18.0 Å². The van der Waals surface area contributed by atoms with E-state index in [1.54, 1.807) is 0 Å². The third-order valence-corrected chi connectivity index (χ3v) is 4.77. The summed E-state index contributed by atoms with van der Waals surface area (Å²) in [6, 6.07) is 5.97. The van der Waals surface area contributed by atoms with Crippen molar-refractivity contribution in [3.63, 3.8) is 0 Å². The van der Waals surface area contributed by atoms with Crippen LogP contribution in [-0.2, 0) is 4.79 Å². The number of aromatic hydroxyl groups is 1. The molecule has 1 aliphatic carbocycles. The number of aliphatic carboxylic acids is 1. The second kappa shape index (κ2) is 7.84. The van der Waals surface area contributed by atoms with E-state index in [0.717, 1.165) is 12.1 Å². The summed E-state index contributed by atoms with van der Waals surface area (Å²) in [6.07, 6.45) is -1.23. The molecule has 3 rings (SSSR count). The first-order valence-electron chi connectivity index (χ1n) is 9.38. The molecule has 0 radical (unpaired) electrons. The lowest BCUT2D eigenvalue weighted by molar-refractivity contribution is -0.873. The van der Waals surface area contributed by atoms with Crippen LogP contribution in [0.5, 0.6) is 11.5 Å². The SMILES string of the molecule is C[N+](C)(C)CC(CC(=O)[O-])Oc1cc(O)c2c(c1)C(=O)c1cc(C(=O)O)ccc1C2=O. The van der Waals surface area contributed by atoms with Crippen molar-refractivity contribution < 1.29 is 43.7 Å². The highest BCUT2D eigenvalue weighted by molar-refractivity contribution is 6.29. The van der Waals surface area contributed by atoms with Gasteiger partial charge in [-0.25, -0.2) is 4.79 Å². The van der Waals surface area contributed by atoms with E-state index in [-0.39, 0.29) is 33.6 Å². The predicted octanol–water partition coefficient (Wildman–Crippen LogP) is 0.459. The summed E-state index contributed by atoms with van der Waals surface area (Å²) >= 11 is 0. The maximum Gasteiger partial charge on any atom is 0.335 e. The number of carbonyl (C=O) groups is 4. The largest absolute Gasteiger partial charge is 0.550 e. The van der Waals surface area contributed by atoms with Crippen molar-refractivity contribution in [2.24, 2.45) is 0 Å². The van der Waals surface area contributed by atoms with Gasteiger partial charge in [-0.2, -0.15) is 0 Å². The number of carboxylic acid groups (broad SMARTS) is 2. The minimum atomic E-state index is -1.32. The van der Waals surface area contributed by atoms with Crippen molar-refractivity contribution in [1.82, 2.24) is 0 Å². The number of likely N-dealkylation sites (N-methyl/N-ethyl adjacent to an activating group) is 1. The van der Waals surface area contributed by atoms with Crippen LogP contribution in [0.1, 0.15) is 48.6 Å². The van der Waals surface area contributed by atoms with E-state index < -0.39 is 41.8 Å². The molecule has 31 heavy (non-hydrogen) atoms. The lowest BCUT2D eigenvalue weighted by Crippen LogP contribution is -2.45. The minimum absolute atomic E-state index is 0.00803. The highest BCUT2D eigenvalue weighted by atomic mass is 16.5. The molecule has 0 aromatic heterocycles. The number of carboxylic acids is 2. The number of fused-ring (bicyclic) bond motifs is 2. The maximum atomic E-state index is 13.0. The van der Waals surface area contributed by atoms with Crippen LogP contribution in [0.3, 0.4) is 0 Å². The Balaban J connectivity index is 2.03. The van der Waals surface area contributed by atoms with Crippen LogP contribution in [0.25, 0.3) is 0 Å². The van der Waals surface area contributed by atoms with E-state index in [0.29, 0.717) is 11.0 Å². The quantitative estimate of drug-likeness (QED) is 0.518. The molecule has 9 nitrogen and oxygen atoms in total. The minimum Gasteiger partial charge on any atom is -0.550 e. The number of rotatable bonds is 7. The summed E-state index contributed by atoms with van der Waals surface area (Å²) in [5.74, 6) is -4.31. The van der Waals surface area contributed by atoms with Gasteiger partial charge in [0.15, 0.2) is 17.7 Å². The molecule has 0 amide bonds. The number of ether oxygens (including phenoxy) is 1. The molecule has 2 N–H and O–H groups in total. The summed E-state index contributed by atoms with van der Waals surface area (Å²) in [5, 5.41) is 30.7. The predicted molar refractivity (Wildman–Crippen MR) is 105 cm³/mol. The molecule has 1 aliphatic rings. The lowest BCUT2D eigenvalue weighted by Gasteiger charge is -2.30. The van der Waals surface area contributed by atoms with Crippen molar-refractivity contribution in [3.05, 3.63) is 58.1 Å². The molecule has 2 aromatic rings. The van der Waals surface area contributed by atoms with Crippen molar-refractivity contribution in [1.29, 1.82) is 0 Å². The first-order chi connectivity index (χ1) is 14.4.